The van der Waals surface area contributed by atoms with Crippen LogP contribution in [-0.4, -0.2) is 124 Å². The van der Waals surface area contributed by atoms with Gasteiger partial charge in [0.1, 0.15) is 43.2 Å². The number of aliphatic hydroxyl groups is 4. The molecule has 3 fully saturated rings. The van der Waals surface area contributed by atoms with E-state index >= 15 is 0 Å². The smallest absolute Gasteiger partial charge is 0.333 e. The number of Topliss-reactive ketones (excluding diaryl/α,β-unsaturated/α-hetero) is 1. The van der Waals surface area contributed by atoms with Gasteiger partial charge in [0.15, 0.2) is 30.6 Å². The summed E-state index contributed by atoms with van der Waals surface area (Å²) in [7, 11) is 0. The molecule has 1 aromatic carbocycles. The van der Waals surface area contributed by atoms with Gasteiger partial charge in [-0.1, -0.05) is 69.0 Å². The van der Waals surface area contributed by atoms with Gasteiger partial charge in [0.05, 0.1) is 18.6 Å². The summed E-state index contributed by atoms with van der Waals surface area (Å²) in [5.74, 6) is -3.12. The molecule has 12 atom stereocenters. The van der Waals surface area contributed by atoms with Gasteiger partial charge >= 0.3 is 17.9 Å². The van der Waals surface area contributed by atoms with E-state index in [4.69, 9.17) is 33.2 Å². The maximum atomic E-state index is 13.2. The molecular weight excluding hydrogens is 720 g/mol. The number of ketones is 1. The molecule has 306 valence electrons. The number of carbonyl (C=O) groups is 4. The Labute approximate surface area is 321 Å². The minimum Gasteiger partial charge on any atom is -0.463 e. The van der Waals surface area contributed by atoms with Crippen LogP contribution in [0.5, 0.6) is 0 Å². The second kappa shape index (κ2) is 21.7. The highest BCUT2D eigenvalue weighted by atomic mass is 16.8. The third kappa shape index (κ3) is 12.7. The minimum absolute atomic E-state index is 0.164. The largest absolute Gasteiger partial charge is 0.463 e. The summed E-state index contributed by atoms with van der Waals surface area (Å²) in [6, 6.07) is 8.86. The van der Waals surface area contributed by atoms with Gasteiger partial charge in [0, 0.05) is 18.1 Å². The molecule has 15 nitrogen and oxygen atoms in total. The molecule has 1 aromatic rings. The van der Waals surface area contributed by atoms with Gasteiger partial charge < -0.3 is 53.6 Å². The van der Waals surface area contributed by atoms with Crippen molar-refractivity contribution in [2.75, 3.05) is 6.61 Å². The Morgan fingerprint density at radius 3 is 2.29 bits per heavy atom. The Bertz CT molecular complexity index is 1460. The summed E-state index contributed by atoms with van der Waals surface area (Å²) in [5, 5.41) is 44.4. The first kappa shape index (κ1) is 44.2. The molecule has 2 bridgehead atoms. The molecule has 0 spiro atoms. The Hall–Kier alpha value is -3.54. The van der Waals surface area contributed by atoms with E-state index in [1.54, 1.807) is 44.2 Å². The zero-order chi connectivity index (χ0) is 40.1. The fourth-order valence-electron chi connectivity index (χ4n) is 6.54. The van der Waals surface area contributed by atoms with Crippen molar-refractivity contribution in [3.05, 3.63) is 53.6 Å². The highest BCUT2D eigenvalue weighted by molar-refractivity contribution is 5.88. The van der Waals surface area contributed by atoms with E-state index in [0.717, 1.165) is 12.5 Å². The van der Waals surface area contributed by atoms with E-state index in [0.29, 0.717) is 37.7 Å². The summed E-state index contributed by atoms with van der Waals surface area (Å²) in [6.07, 6.45) is -9.01. The fraction of sp³-hybridized carbons (Fsp3) is 0.650. The quantitative estimate of drug-likeness (QED) is 0.178. The normalized spacial score (nSPS) is 34.9. The van der Waals surface area contributed by atoms with Crippen LogP contribution in [0.3, 0.4) is 0 Å². The highest BCUT2D eigenvalue weighted by Crippen LogP contribution is 2.33. The summed E-state index contributed by atoms with van der Waals surface area (Å²) in [6.45, 7) is 6.00. The molecule has 0 amide bonds. The van der Waals surface area contributed by atoms with Crippen LogP contribution in [-0.2, 0) is 52.3 Å². The number of ether oxygens (including phenoxy) is 7. The van der Waals surface area contributed by atoms with Crippen LogP contribution >= 0.6 is 0 Å². The Kier molecular flexibility index (Phi) is 17.4. The molecule has 55 heavy (non-hydrogen) atoms. The fourth-order valence-corrected chi connectivity index (χ4v) is 6.54. The average molecular weight is 777 g/mol. The average Bonchev–Trinajstić information content (AvgIpc) is 3.17. The topological polar surface area (TPSA) is 214 Å². The maximum Gasteiger partial charge on any atom is 0.333 e. The van der Waals surface area contributed by atoms with Crippen molar-refractivity contribution in [2.45, 2.75) is 159 Å². The number of cyclic esters (lactones) is 1. The van der Waals surface area contributed by atoms with Crippen LogP contribution in [0, 0.1) is 0 Å². The minimum atomic E-state index is -1.87. The predicted octanol–water partition coefficient (Wildman–Crippen LogP) is 2.83. The molecule has 4 rings (SSSR count). The van der Waals surface area contributed by atoms with Crippen LogP contribution in [0.1, 0.15) is 91.0 Å². The van der Waals surface area contributed by atoms with Crippen LogP contribution in [0.2, 0.25) is 0 Å². The predicted molar refractivity (Wildman–Crippen MR) is 195 cm³/mol. The molecule has 0 radical (unpaired) electrons. The number of aliphatic hydroxyl groups excluding tert-OH is 4. The number of hydrogen-bond donors (Lipinski definition) is 4. The van der Waals surface area contributed by atoms with Gasteiger partial charge in [-0.15, -0.1) is 0 Å². The van der Waals surface area contributed by atoms with Crippen molar-refractivity contribution in [3.63, 3.8) is 0 Å². The van der Waals surface area contributed by atoms with E-state index < -0.39 is 97.8 Å². The zero-order valence-corrected chi connectivity index (χ0v) is 31.9. The first-order valence-corrected chi connectivity index (χ1v) is 19.1. The van der Waals surface area contributed by atoms with Crippen molar-refractivity contribution in [1.82, 2.24) is 0 Å². The first-order valence-electron chi connectivity index (χ1n) is 19.1. The number of fused-ring (bicyclic) bond motifs is 3. The lowest BCUT2D eigenvalue weighted by Crippen LogP contribution is -2.65. The van der Waals surface area contributed by atoms with Crippen molar-refractivity contribution in [2.24, 2.45) is 0 Å². The number of esters is 3. The lowest BCUT2D eigenvalue weighted by Gasteiger charge is -2.47. The van der Waals surface area contributed by atoms with Crippen molar-refractivity contribution < 1.29 is 72.8 Å². The number of hydrogen-bond acceptors (Lipinski definition) is 15. The molecule has 3 saturated heterocycles. The Morgan fingerprint density at radius 2 is 1.58 bits per heavy atom. The molecule has 15 heteroatoms. The third-order valence-corrected chi connectivity index (χ3v) is 9.95. The first-order chi connectivity index (χ1) is 26.3. The van der Waals surface area contributed by atoms with Gasteiger partial charge in [0.25, 0.3) is 0 Å². The van der Waals surface area contributed by atoms with Gasteiger partial charge in [-0.3, -0.25) is 9.59 Å². The molecule has 3 aliphatic rings. The molecular formula is C40H56O15. The number of rotatable bonds is 7. The highest BCUT2D eigenvalue weighted by Gasteiger charge is 2.54. The third-order valence-electron chi connectivity index (χ3n) is 9.95. The van der Waals surface area contributed by atoms with Crippen LogP contribution in [0.15, 0.2) is 48.1 Å². The molecule has 4 N–H and O–H groups in total. The lowest BCUT2D eigenvalue weighted by molar-refractivity contribution is -0.369. The number of allylic oxidation sites excluding steroid dienone is 1. The lowest BCUT2D eigenvalue weighted by atomic mass is 9.96. The Morgan fingerprint density at radius 1 is 0.855 bits per heavy atom. The second-order valence-electron chi connectivity index (χ2n) is 14.2. The Balaban J connectivity index is 1.71. The second-order valence-corrected chi connectivity index (χ2v) is 14.2. The van der Waals surface area contributed by atoms with Crippen LogP contribution in [0.25, 0.3) is 6.08 Å². The zero-order valence-electron chi connectivity index (χ0n) is 31.9. The number of carbonyl (C=O) groups excluding carboxylic acids is 4. The molecule has 3 heterocycles. The summed E-state index contributed by atoms with van der Waals surface area (Å²) < 4.78 is 41.6. The van der Waals surface area contributed by atoms with E-state index in [1.807, 2.05) is 6.92 Å². The standard InChI is InChI=1S/C40H56O15/c1-5-13-26-16-11-8-12-17-27(41)28(42)19-21-30(43)49-22-29-35(53-31(44)20-18-25-14-9-7-10-15-25)36(54-38(48)23(3)6-2)34(47)39(52-29)55-37-33(46)32(45)24(4)50-40(37)51-26/h6-7,9-10,14-15,18,20,24,26-27,29,32-37,39-41,45-47H,5,8,11-13,16-17,19,21-22H2,1-4H3/b20-18+,23-6+/t24?,26-,27-,29?,32?,33?,34?,35?,36?,37?,39?,40?/m0/s1. The summed E-state index contributed by atoms with van der Waals surface area (Å²) in [4.78, 5) is 51.9. The van der Waals surface area contributed by atoms with Crippen molar-refractivity contribution >= 4 is 29.8 Å². The molecule has 10 unspecified atom stereocenters. The van der Waals surface area contributed by atoms with Crippen LogP contribution in [0.4, 0.5) is 0 Å². The van der Waals surface area contributed by atoms with E-state index in [2.05, 4.69) is 0 Å². The molecule has 0 aliphatic carbocycles. The SMILES string of the molecule is C/C=C(\C)C(=O)OC1C(O)C2OC(COC(=O)CCC(=O)[C@@H](O)CCCCC[C@H](CCC)OC3OC(C)C(O)C(O)C3O2)C1OC(=O)/C=C/c1ccccc1. The van der Waals surface area contributed by atoms with E-state index in [9.17, 15) is 39.6 Å². The van der Waals surface area contributed by atoms with E-state index in [-0.39, 0.29) is 30.9 Å². The van der Waals surface area contributed by atoms with E-state index in [1.165, 1.54) is 19.1 Å². The maximum absolute atomic E-state index is 13.2. The monoisotopic (exact) mass is 776 g/mol. The molecule has 0 aromatic heterocycles. The van der Waals surface area contributed by atoms with Gasteiger partial charge in [0.2, 0.25) is 0 Å². The van der Waals surface area contributed by atoms with Crippen molar-refractivity contribution in [1.29, 1.82) is 0 Å². The summed E-state index contributed by atoms with van der Waals surface area (Å²) in [5.41, 5.74) is 0.843. The summed E-state index contributed by atoms with van der Waals surface area (Å²) >= 11 is 0. The molecule has 3 aliphatic heterocycles. The van der Waals surface area contributed by atoms with Gasteiger partial charge in [-0.05, 0) is 51.7 Å². The molecule has 0 saturated carbocycles. The number of benzene rings is 1. The van der Waals surface area contributed by atoms with Gasteiger partial charge in [-0.2, -0.15) is 0 Å². The van der Waals surface area contributed by atoms with Crippen LogP contribution < -0.4 is 0 Å². The van der Waals surface area contributed by atoms with Gasteiger partial charge in [-0.25, -0.2) is 9.59 Å². The van der Waals surface area contributed by atoms with Crippen molar-refractivity contribution in [3.8, 4) is 0 Å².